The summed E-state index contributed by atoms with van der Waals surface area (Å²) in [6.45, 7) is 2.10. The molecule has 0 bridgehead atoms. The molecule has 1 saturated heterocycles. The molecule has 7 heteroatoms. The Bertz CT molecular complexity index is 525. The molecule has 1 aromatic rings. The summed E-state index contributed by atoms with van der Waals surface area (Å²) in [5.74, 6) is -0.950. The maximum Gasteiger partial charge on any atom is 0.329 e. The van der Waals surface area contributed by atoms with E-state index in [1.807, 2.05) is 0 Å². The van der Waals surface area contributed by atoms with Gasteiger partial charge in [-0.25, -0.2) is 9.78 Å². The number of carbonyl (C=O) groups is 2. The highest BCUT2D eigenvalue weighted by molar-refractivity contribution is 5.97. The van der Waals surface area contributed by atoms with Crippen LogP contribution in [-0.4, -0.2) is 59.3 Å². The van der Waals surface area contributed by atoms with Crippen LogP contribution in [-0.2, 0) is 9.53 Å². The Hall–Kier alpha value is -2.15. The lowest BCUT2D eigenvalue weighted by Gasteiger charge is -2.47. The molecular formula is C13H16N2O5. The molecular weight excluding hydrogens is 264 g/mol. The monoisotopic (exact) mass is 280 g/mol. The highest BCUT2D eigenvalue weighted by Gasteiger charge is 2.43. The third-order valence-electron chi connectivity index (χ3n) is 3.08. The number of carboxylic acid groups (broad SMARTS) is 1. The molecule has 7 nitrogen and oxygen atoms in total. The number of aliphatic carboxylic acids is 1. The van der Waals surface area contributed by atoms with E-state index in [0.717, 1.165) is 0 Å². The van der Waals surface area contributed by atoms with Gasteiger partial charge in [0.05, 0.1) is 20.2 Å². The second kappa shape index (κ2) is 5.46. The van der Waals surface area contributed by atoms with E-state index >= 15 is 0 Å². The van der Waals surface area contributed by atoms with Crippen molar-refractivity contribution in [1.82, 2.24) is 9.88 Å². The Labute approximate surface area is 116 Å². The van der Waals surface area contributed by atoms with Gasteiger partial charge in [-0.05, 0) is 19.1 Å². The van der Waals surface area contributed by atoms with Crippen molar-refractivity contribution < 1.29 is 24.2 Å². The summed E-state index contributed by atoms with van der Waals surface area (Å²) >= 11 is 0. The second-order valence-electron chi connectivity index (χ2n) is 4.85. The van der Waals surface area contributed by atoms with Gasteiger partial charge in [0.2, 0.25) is 5.88 Å². The molecule has 108 valence electrons. The van der Waals surface area contributed by atoms with Crippen molar-refractivity contribution in [3.8, 4) is 5.88 Å². The van der Waals surface area contributed by atoms with E-state index in [1.54, 1.807) is 30.2 Å². The average molecular weight is 280 g/mol. The summed E-state index contributed by atoms with van der Waals surface area (Å²) in [6, 6.07) is 3.30. The fraction of sp³-hybridized carbons (Fsp3) is 0.462. The van der Waals surface area contributed by atoms with Crippen LogP contribution in [0.5, 0.6) is 5.88 Å². The van der Waals surface area contributed by atoms with Crippen molar-refractivity contribution in [2.75, 3.05) is 26.8 Å². The van der Waals surface area contributed by atoms with E-state index in [0.29, 0.717) is 18.7 Å². The van der Waals surface area contributed by atoms with Gasteiger partial charge in [-0.3, -0.25) is 4.79 Å². The largest absolute Gasteiger partial charge is 0.480 e. The van der Waals surface area contributed by atoms with E-state index in [4.69, 9.17) is 14.6 Å². The van der Waals surface area contributed by atoms with Crippen molar-refractivity contribution >= 4 is 11.9 Å². The third-order valence-corrected chi connectivity index (χ3v) is 3.08. The zero-order valence-electron chi connectivity index (χ0n) is 11.3. The van der Waals surface area contributed by atoms with E-state index in [9.17, 15) is 9.59 Å². The molecule has 0 aromatic carbocycles. The first-order valence-electron chi connectivity index (χ1n) is 6.09. The van der Waals surface area contributed by atoms with Gasteiger partial charge >= 0.3 is 5.97 Å². The maximum absolute atomic E-state index is 12.3. The first-order chi connectivity index (χ1) is 9.45. The van der Waals surface area contributed by atoms with Crippen LogP contribution < -0.4 is 4.74 Å². The Morgan fingerprint density at radius 3 is 2.80 bits per heavy atom. The molecule has 1 amide bonds. The van der Waals surface area contributed by atoms with Crippen LogP contribution in [0, 0.1) is 0 Å². The molecule has 1 fully saturated rings. The van der Waals surface area contributed by atoms with E-state index in [2.05, 4.69) is 4.98 Å². The lowest BCUT2D eigenvalue weighted by atomic mass is 9.95. The van der Waals surface area contributed by atoms with Crippen molar-refractivity contribution in [2.24, 2.45) is 0 Å². The zero-order chi connectivity index (χ0) is 14.8. The number of hydrogen-bond donors (Lipinski definition) is 1. The minimum absolute atomic E-state index is 0.202. The summed E-state index contributed by atoms with van der Waals surface area (Å²) < 4.78 is 10.3. The molecule has 2 heterocycles. The third kappa shape index (κ3) is 2.88. The molecule has 1 aliphatic rings. The lowest BCUT2D eigenvalue weighted by Crippen LogP contribution is -2.63. The number of ether oxygens (including phenoxy) is 2. The Balaban J connectivity index is 1.98. The second-order valence-corrected chi connectivity index (χ2v) is 4.85. The van der Waals surface area contributed by atoms with Crippen molar-refractivity contribution in [3.63, 3.8) is 0 Å². The average Bonchev–Trinajstić information content (AvgIpc) is 2.41. The number of carbonyl (C=O) groups excluding carboxylic acids is 1. The van der Waals surface area contributed by atoms with Gasteiger partial charge in [-0.1, -0.05) is 0 Å². The predicted octanol–water partition coefficient (Wildman–Crippen LogP) is 0.406. The Kier molecular flexibility index (Phi) is 3.89. The van der Waals surface area contributed by atoms with Crippen molar-refractivity contribution in [2.45, 2.75) is 12.5 Å². The Morgan fingerprint density at radius 2 is 2.20 bits per heavy atom. The molecule has 0 unspecified atom stereocenters. The topological polar surface area (TPSA) is 89.0 Å². The minimum atomic E-state index is -1.02. The SMILES string of the molecule is COc1ncccc1C(=O)N1CC(C)(OCC(=O)O)C1. The molecule has 0 saturated carbocycles. The zero-order valence-corrected chi connectivity index (χ0v) is 11.3. The van der Waals surface area contributed by atoms with Gasteiger partial charge in [-0.2, -0.15) is 0 Å². The molecule has 1 aliphatic heterocycles. The molecule has 1 aromatic heterocycles. The number of carboxylic acids is 1. The van der Waals surface area contributed by atoms with Gasteiger partial charge < -0.3 is 19.5 Å². The maximum atomic E-state index is 12.3. The fourth-order valence-electron chi connectivity index (χ4n) is 2.12. The first-order valence-corrected chi connectivity index (χ1v) is 6.09. The first kappa shape index (κ1) is 14.3. The summed E-state index contributed by atoms with van der Waals surface area (Å²) in [4.78, 5) is 28.3. The molecule has 2 rings (SSSR count). The number of likely N-dealkylation sites (tertiary alicyclic amines) is 1. The smallest absolute Gasteiger partial charge is 0.329 e. The van der Waals surface area contributed by atoms with E-state index < -0.39 is 11.6 Å². The van der Waals surface area contributed by atoms with Crippen LogP contribution in [0.2, 0.25) is 0 Å². The number of rotatable bonds is 5. The normalized spacial score (nSPS) is 16.4. The van der Waals surface area contributed by atoms with Crippen LogP contribution in [0.3, 0.4) is 0 Å². The number of hydrogen-bond acceptors (Lipinski definition) is 5. The molecule has 0 spiro atoms. The van der Waals surface area contributed by atoms with Gasteiger partial charge in [0, 0.05) is 6.20 Å². The number of methoxy groups -OCH3 is 1. The van der Waals surface area contributed by atoms with Gasteiger partial charge in [0.25, 0.3) is 5.91 Å². The number of aromatic nitrogens is 1. The van der Waals surface area contributed by atoms with Crippen LogP contribution in [0.15, 0.2) is 18.3 Å². The van der Waals surface area contributed by atoms with Gasteiger partial charge in [0.1, 0.15) is 17.8 Å². The summed E-state index contributed by atoms with van der Waals surface area (Å²) in [7, 11) is 1.45. The molecule has 1 N–H and O–H groups in total. The van der Waals surface area contributed by atoms with E-state index in [-0.39, 0.29) is 18.4 Å². The standard InChI is InChI=1S/C13H16N2O5/c1-13(20-6-10(16)17)7-15(8-13)12(18)9-4-3-5-14-11(9)19-2/h3-5H,6-8H2,1-2H3,(H,16,17). The Morgan fingerprint density at radius 1 is 1.50 bits per heavy atom. The minimum Gasteiger partial charge on any atom is -0.480 e. The van der Waals surface area contributed by atoms with E-state index in [1.165, 1.54) is 7.11 Å². The molecule has 0 aliphatic carbocycles. The fourth-order valence-corrected chi connectivity index (χ4v) is 2.12. The number of pyridine rings is 1. The van der Waals surface area contributed by atoms with Crippen molar-refractivity contribution in [3.05, 3.63) is 23.9 Å². The highest BCUT2D eigenvalue weighted by Crippen LogP contribution is 2.28. The number of nitrogens with zero attached hydrogens (tertiary/aromatic N) is 2. The molecule has 0 atom stereocenters. The molecule has 20 heavy (non-hydrogen) atoms. The molecule has 0 radical (unpaired) electrons. The quantitative estimate of drug-likeness (QED) is 0.840. The van der Waals surface area contributed by atoms with Crippen LogP contribution in [0.4, 0.5) is 0 Å². The van der Waals surface area contributed by atoms with Gasteiger partial charge in [-0.15, -0.1) is 0 Å². The van der Waals surface area contributed by atoms with Gasteiger partial charge in [0.15, 0.2) is 0 Å². The highest BCUT2D eigenvalue weighted by atomic mass is 16.5. The summed E-state index contributed by atoms with van der Waals surface area (Å²) in [5.41, 5.74) is -0.223. The number of amides is 1. The summed E-state index contributed by atoms with van der Waals surface area (Å²) in [6.07, 6.45) is 1.55. The summed E-state index contributed by atoms with van der Waals surface area (Å²) in [5, 5.41) is 8.59. The van der Waals surface area contributed by atoms with Crippen molar-refractivity contribution in [1.29, 1.82) is 0 Å². The predicted molar refractivity (Wildman–Crippen MR) is 68.7 cm³/mol. The lowest BCUT2D eigenvalue weighted by molar-refractivity contribution is -0.159. The van der Waals surface area contributed by atoms with Crippen LogP contribution >= 0.6 is 0 Å². The van der Waals surface area contributed by atoms with Crippen LogP contribution in [0.25, 0.3) is 0 Å². The van der Waals surface area contributed by atoms with Crippen LogP contribution in [0.1, 0.15) is 17.3 Å².